The summed E-state index contributed by atoms with van der Waals surface area (Å²) in [6, 6.07) is 7.75. The van der Waals surface area contributed by atoms with Crippen molar-refractivity contribution in [3.8, 4) is 0 Å². The average Bonchev–Trinajstić information content (AvgIpc) is 2.46. The van der Waals surface area contributed by atoms with E-state index in [4.69, 9.17) is 4.74 Å². The fourth-order valence-corrected chi connectivity index (χ4v) is 2.37. The molecule has 1 aliphatic heterocycles. The van der Waals surface area contributed by atoms with Crippen molar-refractivity contribution in [1.82, 2.24) is 5.32 Å². The molecule has 0 saturated carbocycles. The number of rotatable bonds is 5. The summed E-state index contributed by atoms with van der Waals surface area (Å²) in [5.41, 5.74) is 0.584. The Labute approximate surface area is 117 Å². The summed E-state index contributed by atoms with van der Waals surface area (Å²) in [7, 11) is 0. The maximum Gasteiger partial charge on any atom is 0.330 e. The van der Waals surface area contributed by atoms with E-state index < -0.39 is 12.0 Å². The second kappa shape index (κ2) is 7.05. The molecule has 0 aliphatic carbocycles. The van der Waals surface area contributed by atoms with E-state index in [0.29, 0.717) is 25.2 Å². The highest BCUT2D eigenvalue weighted by Crippen LogP contribution is 2.19. The smallest absolute Gasteiger partial charge is 0.330 e. The zero-order valence-corrected chi connectivity index (χ0v) is 11.2. The van der Waals surface area contributed by atoms with E-state index in [2.05, 4.69) is 5.32 Å². The predicted molar refractivity (Wildman–Crippen MR) is 73.1 cm³/mol. The van der Waals surface area contributed by atoms with Gasteiger partial charge in [-0.2, -0.15) is 0 Å². The number of hydrogen-bond donors (Lipinski definition) is 2. The highest BCUT2D eigenvalue weighted by Gasteiger charge is 2.24. The molecular formula is C15H19NO4. The zero-order valence-electron chi connectivity index (χ0n) is 11.2. The number of ether oxygens (including phenoxy) is 1. The van der Waals surface area contributed by atoms with Crippen molar-refractivity contribution in [2.24, 2.45) is 5.92 Å². The van der Waals surface area contributed by atoms with Crippen LogP contribution in [0.2, 0.25) is 0 Å². The van der Waals surface area contributed by atoms with Crippen LogP contribution in [0, 0.1) is 5.92 Å². The Balaban J connectivity index is 1.94. The molecule has 1 unspecified atom stereocenters. The summed E-state index contributed by atoms with van der Waals surface area (Å²) in [6.45, 7) is 1.36. The average molecular weight is 277 g/mol. The summed E-state index contributed by atoms with van der Waals surface area (Å²) in [5, 5.41) is 11.8. The van der Waals surface area contributed by atoms with Crippen molar-refractivity contribution in [2.75, 3.05) is 13.2 Å². The molecule has 0 radical (unpaired) electrons. The van der Waals surface area contributed by atoms with Crippen LogP contribution in [0.5, 0.6) is 0 Å². The molecule has 1 aromatic carbocycles. The maximum atomic E-state index is 12.0. The second-order valence-electron chi connectivity index (χ2n) is 5.01. The van der Waals surface area contributed by atoms with E-state index in [9.17, 15) is 14.7 Å². The Morgan fingerprint density at radius 3 is 2.50 bits per heavy atom. The van der Waals surface area contributed by atoms with Crippen molar-refractivity contribution in [3.05, 3.63) is 35.9 Å². The SMILES string of the molecule is O=C(CC1CCOCC1)NC(C(=O)O)c1ccccc1. The van der Waals surface area contributed by atoms with Gasteiger partial charge in [0.15, 0.2) is 6.04 Å². The predicted octanol–water partition coefficient (Wildman–Crippen LogP) is 1.75. The van der Waals surface area contributed by atoms with Crippen LogP contribution < -0.4 is 5.32 Å². The largest absolute Gasteiger partial charge is 0.479 e. The lowest BCUT2D eigenvalue weighted by Gasteiger charge is -2.22. The van der Waals surface area contributed by atoms with Gasteiger partial charge in [-0.15, -0.1) is 0 Å². The maximum absolute atomic E-state index is 12.0. The molecule has 2 rings (SSSR count). The molecular weight excluding hydrogens is 258 g/mol. The van der Waals surface area contributed by atoms with E-state index in [0.717, 1.165) is 12.8 Å². The number of benzene rings is 1. The molecule has 0 spiro atoms. The van der Waals surface area contributed by atoms with E-state index in [1.54, 1.807) is 24.3 Å². The monoisotopic (exact) mass is 277 g/mol. The van der Waals surface area contributed by atoms with Crippen LogP contribution >= 0.6 is 0 Å². The molecule has 20 heavy (non-hydrogen) atoms. The van der Waals surface area contributed by atoms with Crippen LogP contribution in [-0.2, 0) is 14.3 Å². The van der Waals surface area contributed by atoms with Gasteiger partial charge in [0.1, 0.15) is 0 Å². The molecule has 1 aliphatic rings. The van der Waals surface area contributed by atoms with Crippen molar-refractivity contribution in [3.63, 3.8) is 0 Å². The van der Waals surface area contributed by atoms with Gasteiger partial charge in [-0.1, -0.05) is 30.3 Å². The number of carbonyl (C=O) groups excluding carboxylic acids is 1. The zero-order chi connectivity index (χ0) is 14.4. The number of carbonyl (C=O) groups is 2. The Hall–Kier alpha value is -1.88. The Morgan fingerprint density at radius 2 is 1.90 bits per heavy atom. The molecule has 5 heteroatoms. The number of amides is 1. The molecule has 1 amide bonds. The topological polar surface area (TPSA) is 75.6 Å². The molecule has 5 nitrogen and oxygen atoms in total. The van der Waals surface area contributed by atoms with Gasteiger partial charge in [0.25, 0.3) is 0 Å². The van der Waals surface area contributed by atoms with E-state index in [1.165, 1.54) is 0 Å². The Bertz CT molecular complexity index is 454. The van der Waals surface area contributed by atoms with Gasteiger partial charge < -0.3 is 15.2 Å². The Kier molecular flexibility index (Phi) is 5.12. The van der Waals surface area contributed by atoms with Crippen LogP contribution in [0.25, 0.3) is 0 Å². The van der Waals surface area contributed by atoms with Gasteiger partial charge in [0.2, 0.25) is 5.91 Å². The molecule has 108 valence electrons. The van der Waals surface area contributed by atoms with Gasteiger partial charge in [-0.25, -0.2) is 4.79 Å². The first-order chi connectivity index (χ1) is 9.66. The van der Waals surface area contributed by atoms with Crippen LogP contribution in [-0.4, -0.2) is 30.2 Å². The molecule has 1 saturated heterocycles. The van der Waals surface area contributed by atoms with Gasteiger partial charge >= 0.3 is 5.97 Å². The van der Waals surface area contributed by atoms with Gasteiger partial charge in [0.05, 0.1) is 0 Å². The van der Waals surface area contributed by atoms with Crippen molar-refractivity contribution in [2.45, 2.75) is 25.3 Å². The molecule has 1 fully saturated rings. The van der Waals surface area contributed by atoms with Gasteiger partial charge in [-0.05, 0) is 24.3 Å². The third-order valence-electron chi connectivity index (χ3n) is 3.50. The first-order valence-corrected chi connectivity index (χ1v) is 6.81. The minimum absolute atomic E-state index is 0.215. The number of nitrogens with one attached hydrogen (secondary N) is 1. The summed E-state index contributed by atoms with van der Waals surface area (Å²) in [5.74, 6) is -0.973. The van der Waals surface area contributed by atoms with Gasteiger partial charge in [0, 0.05) is 19.6 Å². The van der Waals surface area contributed by atoms with E-state index >= 15 is 0 Å². The first kappa shape index (κ1) is 14.5. The van der Waals surface area contributed by atoms with Crippen LogP contribution in [0.3, 0.4) is 0 Å². The summed E-state index contributed by atoms with van der Waals surface area (Å²) >= 11 is 0. The molecule has 0 aromatic heterocycles. The Morgan fingerprint density at radius 1 is 1.25 bits per heavy atom. The minimum Gasteiger partial charge on any atom is -0.479 e. The van der Waals surface area contributed by atoms with Gasteiger partial charge in [-0.3, -0.25) is 4.79 Å². The summed E-state index contributed by atoms with van der Waals surface area (Å²) < 4.78 is 5.24. The minimum atomic E-state index is -1.04. The molecule has 1 atom stereocenters. The first-order valence-electron chi connectivity index (χ1n) is 6.81. The number of carboxylic acid groups (broad SMARTS) is 1. The normalized spacial score (nSPS) is 17.4. The van der Waals surface area contributed by atoms with Crippen LogP contribution in [0.1, 0.15) is 30.9 Å². The standard InChI is InChI=1S/C15H19NO4/c17-13(10-11-6-8-20-9-7-11)16-14(15(18)19)12-4-2-1-3-5-12/h1-5,11,14H,6-10H2,(H,16,17)(H,18,19). The van der Waals surface area contributed by atoms with Crippen molar-refractivity contribution >= 4 is 11.9 Å². The fraction of sp³-hybridized carbons (Fsp3) is 0.467. The van der Waals surface area contributed by atoms with Crippen LogP contribution in [0.4, 0.5) is 0 Å². The highest BCUT2D eigenvalue weighted by atomic mass is 16.5. The third-order valence-corrected chi connectivity index (χ3v) is 3.50. The number of aliphatic carboxylic acids is 1. The fourth-order valence-electron chi connectivity index (χ4n) is 2.37. The highest BCUT2D eigenvalue weighted by molar-refractivity contribution is 5.84. The molecule has 0 bridgehead atoms. The van der Waals surface area contributed by atoms with Crippen molar-refractivity contribution < 1.29 is 19.4 Å². The molecule has 1 heterocycles. The lowest BCUT2D eigenvalue weighted by atomic mass is 9.96. The van der Waals surface area contributed by atoms with E-state index in [1.807, 2.05) is 6.07 Å². The quantitative estimate of drug-likeness (QED) is 0.859. The lowest BCUT2D eigenvalue weighted by molar-refractivity contribution is -0.142. The molecule has 1 aromatic rings. The summed E-state index contributed by atoms with van der Waals surface area (Å²) in [4.78, 5) is 23.3. The van der Waals surface area contributed by atoms with E-state index in [-0.39, 0.29) is 11.8 Å². The van der Waals surface area contributed by atoms with Crippen LogP contribution in [0.15, 0.2) is 30.3 Å². The lowest BCUT2D eigenvalue weighted by Crippen LogP contribution is -2.35. The third kappa shape index (κ3) is 4.06. The summed E-state index contributed by atoms with van der Waals surface area (Å²) in [6.07, 6.45) is 2.08. The molecule has 2 N–H and O–H groups in total. The number of hydrogen-bond acceptors (Lipinski definition) is 3. The number of carboxylic acids is 1. The second-order valence-corrected chi connectivity index (χ2v) is 5.01. The van der Waals surface area contributed by atoms with Crippen molar-refractivity contribution in [1.29, 1.82) is 0 Å².